The molecule has 7 nitrogen and oxygen atoms in total. The number of aryl methyl sites for hydroxylation is 1. The van der Waals surface area contributed by atoms with E-state index in [1.165, 1.54) is 0 Å². The summed E-state index contributed by atoms with van der Waals surface area (Å²) in [6.07, 6.45) is 1.77. The van der Waals surface area contributed by atoms with Crippen LogP contribution in [-0.4, -0.2) is 28.5 Å². The number of hydrogen-bond donors (Lipinski definition) is 4. The van der Waals surface area contributed by atoms with Gasteiger partial charge < -0.3 is 16.1 Å². The molecule has 1 aliphatic heterocycles. The number of anilines is 2. The normalized spacial score (nSPS) is 19.6. The Morgan fingerprint density at radius 3 is 2.94 bits per heavy atom. The first-order valence-electron chi connectivity index (χ1n) is 5.55. The number of carbonyl (C=O) groups excluding carboxylic acids is 1. The van der Waals surface area contributed by atoms with E-state index in [2.05, 4.69) is 26.0 Å². The van der Waals surface area contributed by atoms with Crippen LogP contribution in [0.4, 0.5) is 11.6 Å². The average Bonchev–Trinajstić information content (AvgIpc) is 2.31. The summed E-state index contributed by atoms with van der Waals surface area (Å²) >= 11 is 0. The number of hydrazine groups is 1. The lowest BCUT2D eigenvalue weighted by Crippen LogP contribution is -2.44. The molecule has 5 N–H and O–H groups in total. The molecule has 1 aromatic rings. The lowest BCUT2D eigenvalue weighted by atomic mass is 10.1. The molecule has 7 heteroatoms. The summed E-state index contributed by atoms with van der Waals surface area (Å²) in [5, 5.41) is 5.90. The van der Waals surface area contributed by atoms with Crippen molar-refractivity contribution in [2.24, 2.45) is 5.84 Å². The van der Waals surface area contributed by atoms with Gasteiger partial charge in [-0.2, -0.15) is 0 Å². The number of nitrogen functional groups attached to an aromatic ring is 1. The van der Waals surface area contributed by atoms with Crippen LogP contribution in [0.1, 0.15) is 18.7 Å². The van der Waals surface area contributed by atoms with Gasteiger partial charge in [0.25, 0.3) is 0 Å². The standard InChI is InChI=1S/C10H16N6O/c1-6-13-8(5-9(14-6)16-11)15-7-3-2-4-12-10(7)17/h5,7H,2-4,11H2,1H3,(H,12,17)(H2,13,14,15,16). The fourth-order valence-corrected chi connectivity index (χ4v) is 1.80. The Kier molecular flexibility index (Phi) is 3.38. The van der Waals surface area contributed by atoms with Crippen molar-refractivity contribution in [2.75, 3.05) is 17.3 Å². The fraction of sp³-hybridized carbons (Fsp3) is 0.500. The molecule has 1 saturated heterocycles. The van der Waals surface area contributed by atoms with Crippen LogP contribution in [0.5, 0.6) is 0 Å². The summed E-state index contributed by atoms with van der Waals surface area (Å²) in [5.41, 5.74) is 2.46. The van der Waals surface area contributed by atoms with Crippen molar-refractivity contribution >= 4 is 17.5 Å². The lowest BCUT2D eigenvalue weighted by molar-refractivity contribution is -0.123. The van der Waals surface area contributed by atoms with Gasteiger partial charge in [-0.05, 0) is 19.8 Å². The van der Waals surface area contributed by atoms with E-state index < -0.39 is 0 Å². The molecule has 17 heavy (non-hydrogen) atoms. The van der Waals surface area contributed by atoms with Crippen LogP contribution in [0, 0.1) is 6.92 Å². The minimum atomic E-state index is -0.233. The van der Waals surface area contributed by atoms with Gasteiger partial charge in [-0.3, -0.25) is 4.79 Å². The number of nitrogens with zero attached hydrogens (tertiary/aromatic N) is 2. The Bertz CT molecular complexity index is 421. The number of aromatic nitrogens is 2. The highest BCUT2D eigenvalue weighted by atomic mass is 16.2. The zero-order valence-corrected chi connectivity index (χ0v) is 9.66. The lowest BCUT2D eigenvalue weighted by Gasteiger charge is -2.23. The van der Waals surface area contributed by atoms with Crippen molar-refractivity contribution < 1.29 is 4.79 Å². The highest BCUT2D eigenvalue weighted by Gasteiger charge is 2.22. The molecule has 1 unspecified atom stereocenters. The first-order chi connectivity index (χ1) is 8.19. The molecule has 0 aromatic carbocycles. The second kappa shape index (κ2) is 4.96. The summed E-state index contributed by atoms with van der Waals surface area (Å²) in [5.74, 6) is 7.03. The van der Waals surface area contributed by atoms with Crippen LogP contribution in [0.2, 0.25) is 0 Å². The smallest absolute Gasteiger partial charge is 0.242 e. The number of rotatable bonds is 3. The van der Waals surface area contributed by atoms with E-state index in [0.717, 1.165) is 19.4 Å². The van der Waals surface area contributed by atoms with Gasteiger partial charge in [0.1, 0.15) is 23.5 Å². The minimum Gasteiger partial charge on any atom is -0.358 e. The van der Waals surface area contributed by atoms with Crippen molar-refractivity contribution in [3.63, 3.8) is 0 Å². The summed E-state index contributed by atoms with van der Waals surface area (Å²) < 4.78 is 0. The van der Waals surface area contributed by atoms with Gasteiger partial charge in [0.15, 0.2) is 0 Å². The highest BCUT2D eigenvalue weighted by molar-refractivity contribution is 5.85. The molecule has 2 heterocycles. The molecule has 2 rings (SSSR count). The van der Waals surface area contributed by atoms with Crippen LogP contribution < -0.4 is 21.9 Å². The van der Waals surface area contributed by atoms with E-state index in [1.807, 2.05) is 0 Å². The summed E-state index contributed by atoms with van der Waals surface area (Å²) in [6.45, 7) is 2.52. The van der Waals surface area contributed by atoms with E-state index in [0.29, 0.717) is 17.5 Å². The van der Waals surface area contributed by atoms with Crippen LogP contribution in [-0.2, 0) is 4.79 Å². The molecule has 1 aromatic heterocycles. The quantitative estimate of drug-likeness (QED) is 0.426. The Morgan fingerprint density at radius 2 is 2.24 bits per heavy atom. The second-order valence-electron chi connectivity index (χ2n) is 3.96. The number of carbonyl (C=O) groups is 1. The Morgan fingerprint density at radius 1 is 1.47 bits per heavy atom. The second-order valence-corrected chi connectivity index (χ2v) is 3.96. The SMILES string of the molecule is Cc1nc(NN)cc(NC2CCCNC2=O)n1. The maximum atomic E-state index is 11.6. The van der Waals surface area contributed by atoms with Gasteiger partial charge in [0, 0.05) is 12.6 Å². The summed E-state index contributed by atoms with van der Waals surface area (Å²) in [6, 6.07) is 1.44. The monoisotopic (exact) mass is 236 g/mol. The predicted octanol–water partition coefficient (Wildman–Crippen LogP) is -0.239. The zero-order valence-electron chi connectivity index (χ0n) is 9.66. The van der Waals surface area contributed by atoms with Crippen molar-refractivity contribution in [1.29, 1.82) is 0 Å². The third kappa shape index (κ3) is 2.82. The molecule has 0 spiro atoms. The molecular formula is C10H16N6O. The van der Waals surface area contributed by atoms with Crippen molar-refractivity contribution in [3.8, 4) is 0 Å². The van der Waals surface area contributed by atoms with E-state index in [4.69, 9.17) is 5.84 Å². The maximum Gasteiger partial charge on any atom is 0.242 e. The number of nitrogens with one attached hydrogen (secondary N) is 3. The minimum absolute atomic E-state index is 0.00905. The van der Waals surface area contributed by atoms with Crippen molar-refractivity contribution in [1.82, 2.24) is 15.3 Å². The van der Waals surface area contributed by atoms with Gasteiger partial charge >= 0.3 is 0 Å². The van der Waals surface area contributed by atoms with Crippen LogP contribution in [0.3, 0.4) is 0 Å². The van der Waals surface area contributed by atoms with E-state index in [9.17, 15) is 4.79 Å². The number of hydrogen-bond acceptors (Lipinski definition) is 6. The molecule has 1 fully saturated rings. The van der Waals surface area contributed by atoms with Gasteiger partial charge in [-0.1, -0.05) is 0 Å². The fourth-order valence-electron chi connectivity index (χ4n) is 1.80. The summed E-state index contributed by atoms with van der Waals surface area (Å²) in [7, 11) is 0. The van der Waals surface area contributed by atoms with E-state index in [-0.39, 0.29) is 11.9 Å². The molecular weight excluding hydrogens is 220 g/mol. The summed E-state index contributed by atoms with van der Waals surface area (Å²) in [4.78, 5) is 19.9. The molecule has 0 saturated carbocycles. The van der Waals surface area contributed by atoms with Crippen LogP contribution in [0.15, 0.2) is 6.07 Å². The first kappa shape index (κ1) is 11.6. The van der Waals surface area contributed by atoms with Gasteiger partial charge in [-0.15, -0.1) is 0 Å². The van der Waals surface area contributed by atoms with Crippen LogP contribution >= 0.6 is 0 Å². The Labute approximate surface area is 99.2 Å². The first-order valence-corrected chi connectivity index (χ1v) is 5.55. The molecule has 0 bridgehead atoms. The van der Waals surface area contributed by atoms with Crippen LogP contribution in [0.25, 0.3) is 0 Å². The average molecular weight is 236 g/mol. The molecule has 0 radical (unpaired) electrons. The number of amides is 1. The van der Waals surface area contributed by atoms with Crippen molar-refractivity contribution in [3.05, 3.63) is 11.9 Å². The molecule has 1 amide bonds. The predicted molar refractivity (Wildman–Crippen MR) is 64.2 cm³/mol. The molecule has 1 atom stereocenters. The zero-order chi connectivity index (χ0) is 12.3. The number of piperidine rings is 1. The van der Waals surface area contributed by atoms with Gasteiger partial charge in [0.05, 0.1) is 0 Å². The van der Waals surface area contributed by atoms with E-state index in [1.54, 1.807) is 13.0 Å². The Balaban J connectivity index is 2.11. The van der Waals surface area contributed by atoms with Gasteiger partial charge in [-0.25, -0.2) is 15.8 Å². The molecule has 1 aliphatic rings. The highest BCUT2D eigenvalue weighted by Crippen LogP contribution is 2.14. The largest absolute Gasteiger partial charge is 0.358 e. The Hall–Kier alpha value is -1.89. The third-order valence-electron chi connectivity index (χ3n) is 2.59. The maximum absolute atomic E-state index is 11.6. The number of nitrogens with two attached hydrogens (primary N) is 1. The van der Waals surface area contributed by atoms with E-state index >= 15 is 0 Å². The third-order valence-corrected chi connectivity index (χ3v) is 2.59. The van der Waals surface area contributed by atoms with Gasteiger partial charge in [0.2, 0.25) is 5.91 Å². The molecule has 92 valence electrons. The molecule has 0 aliphatic carbocycles. The van der Waals surface area contributed by atoms with Crippen molar-refractivity contribution in [2.45, 2.75) is 25.8 Å². The topological polar surface area (TPSA) is 105 Å².